The molecule has 0 spiro atoms. The van der Waals surface area contributed by atoms with E-state index in [-0.39, 0.29) is 5.91 Å². The molecule has 0 saturated carbocycles. The Kier molecular flexibility index (Phi) is 5.55. The Morgan fingerprint density at radius 3 is 2.32 bits per heavy atom. The third-order valence-electron chi connectivity index (χ3n) is 4.21. The number of aryl methyl sites for hydroxylation is 1. The molecule has 2 N–H and O–H groups in total. The van der Waals surface area contributed by atoms with Crippen LogP contribution in [0.15, 0.2) is 24.3 Å². The first-order valence-corrected chi connectivity index (χ1v) is 7.01. The van der Waals surface area contributed by atoms with Crippen LogP contribution in [-0.2, 0) is 11.3 Å². The van der Waals surface area contributed by atoms with E-state index in [0.29, 0.717) is 13.1 Å². The van der Waals surface area contributed by atoms with Crippen molar-refractivity contribution in [3.05, 3.63) is 35.4 Å². The maximum absolute atomic E-state index is 12.6. The lowest BCUT2D eigenvalue weighted by atomic mass is 9.81. The SMILES string of the molecule is CCC(CC)(CN)C(=O)N(C)Cc1ccccc1C. The number of carbonyl (C=O) groups is 1. The Labute approximate surface area is 116 Å². The topological polar surface area (TPSA) is 46.3 Å². The highest BCUT2D eigenvalue weighted by molar-refractivity contribution is 5.82. The molecule has 0 atom stereocenters. The molecule has 3 nitrogen and oxygen atoms in total. The minimum absolute atomic E-state index is 0.156. The number of nitrogens with zero attached hydrogens (tertiary/aromatic N) is 1. The molecule has 0 aliphatic rings. The van der Waals surface area contributed by atoms with Crippen LogP contribution in [0.2, 0.25) is 0 Å². The van der Waals surface area contributed by atoms with Crippen molar-refractivity contribution in [2.45, 2.75) is 40.2 Å². The molecule has 0 aliphatic heterocycles. The molecule has 0 unspecified atom stereocenters. The maximum Gasteiger partial charge on any atom is 0.230 e. The van der Waals surface area contributed by atoms with E-state index in [2.05, 4.69) is 19.1 Å². The summed E-state index contributed by atoms with van der Waals surface area (Å²) in [6.45, 7) is 7.21. The second-order valence-electron chi connectivity index (χ2n) is 5.28. The van der Waals surface area contributed by atoms with Gasteiger partial charge < -0.3 is 10.6 Å². The lowest BCUT2D eigenvalue weighted by Crippen LogP contribution is -2.45. The van der Waals surface area contributed by atoms with Gasteiger partial charge in [-0.15, -0.1) is 0 Å². The van der Waals surface area contributed by atoms with Gasteiger partial charge in [-0.3, -0.25) is 4.79 Å². The van der Waals surface area contributed by atoms with Gasteiger partial charge in [0, 0.05) is 20.1 Å². The van der Waals surface area contributed by atoms with E-state index in [1.54, 1.807) is 0 Å². The van der Waals surface area contributed by atoms with Crippen molar-refractivity contribution >= 4 is 5.91 Å². The second kappa shape index (κ2) is 6.71. The average Bonchev–Trinajstić information content (AvgIpc) is 2.43. The van der Waals surface area contributed by atoms with Crippen molar-refractivity contribution in [2.75, 3.05) is 13.6 Å². The molecule has 3 heteroatoms. The fourth-order valence-corrected chi connectivity index (χ4v) is 2.45. The first-order valence-electron chi connectivity index (χ1n) is 7.01. The molecule has 0 aromatic heterocycles. The van der Waals surface area contributed by atoms with E-state index >= 15 is 0 Å². The zero-order valence-corrected chi connectivity index (χ0v) is 12.6. The van der Waals surface area contributed by atoms with Crippen molar-refractivity contribution in [1.29, 1.82) is 0 Å². The van der Waals surface area contributed by atoms with Crippen molar-refractivity contribution in [3.8, 4) is 0 Å². The number of hydrogen-bond acceptors (Lipinski definition) is 2. The third kappa shape index (κ3) is 3.35. The molecule has 0 fully saturated rings. The number of benzene rings is 1. The predicted octanol–water partition coefficient (Wildman–Crippen LogP) is 2.72. The second-order valence-corrected chi connectivity index (χ2v) is 5.28. The summed E-state index contributed by atoms with van der Waals surface area (Å²) in [6, 6.07) is 8.17. The quantitative estimate of drug-likeness (QED) is 0.857. The third-order valence-corrected chi connectivity index (χ3v) is 4.21. The van der Waals surface area contributed by atoms with Crippen LogP contribution < -0.4 is 5.73 Å². The van der Waals surface area contributed by atoms with Crippen LogP contribution in [0, 0.1) is 12.3 Å². The van der Waals surface area contributed by atoms with Gasteiger partial charge in [0.2, 0.25) is 5.91 Å². The number of hydrogen-bond donors (Lipinski definition) is 1. The highest BCUT2D eigenvalue weighted by Crippen LogP contribution is 2.28. The Bertz CT molecular complexity index is 416. The lowest BCUT2D eigenvalue weighted by Gasteiger charge is -2.33. The molecule has 1 aromatic rings. The van der Waals surface area contributed by atoms with Crippen molar-refractivity contribution < 1.29 is 4.79 Å². The Morgan fingerprint density at radius 2 is 1.84 bits per heavy atom. The molecular weight excluding hydrogens is 236 g/mol. The van der Waals surface area contributed by atoms with Gasteiger partial charge in [-0.25, -0.2) is 0 Å². The first-order chi connectivity index (χ1) is 9.00. The molecule has 106 valence electrons. The number of carbonyl (C=O) groups excluding carboxylic acids is 1. The van der Waals surface area contributed by atoms with E-state index in [4.69, 9.17) is 5.73 Å². The molecule has 0 bridgehead atoms. The first kappa shape index (κ1) is 15.7. The predicted molar refractivity (Wildman–Crippen MR) is 79.7 cm³/mol. The summed E-state index contributed by atoms with van der Waals surface area (Å²) >= 11 is 0. The average molecular weight is 262 g/mol. The highest BCUT2D eigenvalue weighted by atomic mass is 16.2. The molecule has 1 aromatic carbocycles. The number of amides is 1. The summed E-state index contributed by atoms with van der Waals surface area (Å²) in [5.74, 6) is 0.156. The van der Waals surface area contributed by atoms with Gasteiger partial charge in [0.15, 0.2) is 0 Å². The largest absolute Gasteiger partial charge is 0.341 e. The zero-order chi connectivity index (χ0) is 14.5. The van der Waals surface area contributed by atoms with E-state index in [1.165, 1.54) is 11.1 Å². The van der Waals surface area contributed by atoms with Crippen LogP contribution in [0.25, 0.3) is 0 Å². The molecular formula is C16H26N2O. The summed E-state index contributed by atoms with van der Waals surface area (Å²) in [5.41, 5.74) is 7.85. The Morgan fingerprint density at radius 1 is 1.26 bits per heavy atom. The maximum atomic E-state index is 12.6. The van der Waals surface area contributed by atoms with Gasteiger partial charge in [-0.2, -0.15) is 0 Å². The van der Waals surface area contributed by atoms with Crippen molar-refractivity contribution in [2.24, 2.45) is 11.1 Å². The summed E-state index contributed by atoms with van der Waals surface area (Å²) in [5, 5.41) is 0. The molecule has 1 rings (SSSR count). The standard InChI is InChI=1S/C16H26N2O/c1-5-16(6-2,12-17)15(19)18(4)11-14-10-8-7-9-13(14)3/h7-10H,5-6,11-12,17H2,1-4H3. The van der Waals surface area contributed by atoms with Crippen LogP contribution in [0.1, 0.15) is 37.8 Å². The zero-order valence-electron chi connectivity index (χ0n) is 12.6. The lowest BCUT2D eigenvalue weighted by molar-refractivity contribution is -0.141. The number of nitrogens with two attached hydrogens (primary N) is 1. The van der Waals surface area contributed by atoms with Crippen LogP contribution in [0.3, 0.4) is 0 Å². The Hall–Kier alpha value is -1.35. The summed E-state index contributed by atoms with van der Waals surface area (Å²) in [6.07, 6.45) is 1.58. The van der Waals surface area contributed by atoms with Gasteiger partial charge in [-0.05, 0) is 30.9 Å². The van der Waals surface area contributed by atoms with Gasteiger partial charge in [0.05, 0.1) is 5.41 Å². The van der Waals surface area contributed by atoms with Gasteiger partial charge >= 0.3 is 0 Å². The fourth-order valence-electron chi connectivity index (χ4n) is 2.45. The van der Waals surface area contributed by atoms with Crippen molar-refractivity contribution in [1.82, 2.24) is 4.90 Å². The Balaban J connectivity index is 2.86. The van der Waals surface area contributed by atoms with Gasteiger partial charge in [0.1, 0.15) is 0 Å². The molecule has 19 heavy (non-hydrogen) atoms. The minimum Gasteiger partial charge on any atom is -0.341 e. The molecule has 1 amide bonds. The summed E-state index contributed by atoms with van der Waals surface area (Å²) in [4.78, 5) is 14.4. The molecule has 0 aliphatic carbocycles. The monoisotopic (exact) mass is 262 g/mol. The van der Waals surface area contributed by atoms with Crippen LogP contribution in [0.5, 0.6) is 0 Å². The van der Waals surface area contributed by atoms with Crippen LogP contribution >= 0.6 is 0 Å². The molecule has 0 heterocycles. The van der Waals surface area contributed by atoms with Crippen LogP contribution in [-0.4, -0.2) is 24.4 Å². The smallest absolute Gasteiger partial charge is 0.230 e. The van der Waals surface area contributed by atoms with E-state index in [1.807, 2.05) is 37.9 Å². The van der Waals surface area contributed by atoms with Crippen molar-refractivity contribution in [3.63, 3.8) is 0 Å². The van der Waals surface area contributed by atoms with E-state index in [0.717, 1.165) is 12.8 Å². The highest BCUT2D eigenvalue weighted by Gasteiger charge is 2.35. The molecule has 0 radical (unpaired) electrons. The van der Waals surface area contributed by atoms with E-state index < -0.39 is 5.41 Å². The normalized spacial score (nSPS) is 11.4. The van der Waals surface area contributed by atoms with E-state index in [9.17, 15) is 4.79 Å². The number of rotatable bonds is 6. The fraction of sp³-hybridized carbons (Fsp3) is 0.562. The summed E-state index contributed by atoms with van der Waals surface area (Å²) in [7, 11) is 1.87. The minimum atomic E-state index is -0.405. The molecule has 0 saturated heterocycles. The van der Waals surface area contributed by atoms with Gasteiger partial charge in [0.25, 0.3) is 0 Å². The van der Waals surface area contributed by atoms with Crippen LogP contribution in [0.4, 0.5) is 0 Å². The summed E-state index contributed by atoms with van der Waals surface area (Å²) < 4.78 is 0. The van der Waals surface area contributed by atoms with Gasteiger partial charge in [-0.1, -0.05) is 38.1 Å².